The normalized spacial score (nSPS) is 31.1. The topological polar surface area (TPSA) is 24.5 Å². The van der Waals surface area contributed by atoms with Gasteiger partial charge in [-0.2, -0.15) is 0 Å². The van der Waals surface area contributed by atoms with Crippen molar-refractivity contribution in [3.63, 3.8) is 0 Å². The number of hydrogen-bond acceptors (Lipinski definition) is 3. The van der Waals surface area contributed by atoms with Crippen LogP contribution in [0.1, 0.15) is 24.0 Å². The van der Waals surface area contributed by atoms with Gasteiger partial charge >= 0.3 is 0 Å². The van der Waals surface area contributed by atoms with E-state index < -0.39 is 0 Å². The highest BCUT2D eigenvalue weighted by Crippen LogP contribution is 2.28. The monoisotopic (exact) mass is 272 g/mol. The lowest BCUT2D eigenvalue weighted by Crippen LogP contribution is -2.44. The van der Waals surface area contributed by atoms with E-state index in [1.807, 2.05) is 0 Å². The van der Waals surface area contributed by atoms with Gasteiger partial charge in [-0.15, -0.1) is 0 Å². The Labute approximate surface area is 121 Å². The van der Waals surface area contributed by atoms with Crippen LogP contribution in [0.15, 0.2) is 18.2 Å². The highest BCUT2D eigenvalue weighted by molar-refractivity contribution is 5.39. The average Bonchev–Trinajstić information content (AvgIpc) is 3.08. The molecule has 3 heteroatoms. The summed E-state index contributed by atoms with van der Waals surface area (Å²) in [6.45, 7) is 5.92. The van der Waals surface area contributed by atoms with E-state index in [0.29, 0.717) is 0 Å². The van der Waals surface area contributed by atoms with Gasteiger partial charge in [0.25, 0.3) is 0 Å². The van der Waals surface area contributed by atoms with Gasteiger partial charge in [0.2, 0.25) is 0 Å². The maximum absolute atomic E-state index is 5.57. The molecule has 2 saturated heterocycles. The predicted molar refractivity (Wildman–Crippen MR) is 80.3 cm³/mol. The zero-order valence-electron chi connectivity index (χ0n) is 12.1. The van der Waals surface area contributed by atoms with E-state index in [2.05, 4.69) is 28.4 Å². The van der Waals surface area contributed by atoms with Crippen LogP contribution in [0.25, 0.3) is 0 Å². The minimum absolute atomic E-state index is 0.756. The van der Waals surface area contributed by atoms with Crippen molar-refractivity contribution in [1.82, 2.24) is 10.2 Å². The second kappa shape index (κ2) is 5.38. The van der Waals surface area contributed by atoms with Gasteiger partial charge in [-0.1, -0.05) is 12.1 Å². The molecule has 108 valence electrons. The number of rotatable bonds is 4. The number of ether oxygens (including phenoxy) is 1. The smallest absolute Gasteiger partial charge is 0.122 e. The molecule has 1 aromatic rings. The van der Waals surface area contributed by atoms with Crippen molar-refractivity contribution >= 4 is 0 Å². The summed E-state index contributed by atoms with van der Waals surface area (Å²) in [6, 6.07) is 7.46. The Kier molecular flexibility index (Phi) is 3.41. The van der Waals surface area contributed by atoms with E-state index in [0.717, 1.165) is 43.7 Å². The summed E-state index contributed by atoms with van der Waals surface area (Å²) >= 11 is 0. The van der Waals surface area contributed by atoms with Crippen LogP contribution in [0.5, 0.6) is 5.75 Å². The van der Waals surface area contributed by atoms with Crippen LogP contribution >= 0.6 is 0 Å². The first kappa shape index (κ1) is 12.7. The number of fused-ring (bicyclic) bond motifs is 3. The highest BCUT2D eigenvalue weighted by Gasteiger charge is 2.33. The number of piperidine rings is 1. The van der Waals surface area contributed by atoms with Gasteiger partial charge in [0.05, 0.1) is 6.61 Å². The molecule has 3 aliphatic rings. The van der Waals surface area contributed by atoms with Gasteiger partial charge in [0.1, 0.15) is 5.75 Å². The lowest BCUT2D eigenvalue weighted by molar-refractivity contribution is 0.222. The second-order valence-corrected chi connectivity index (χ2v) is 6.49. The molecule has 0 aliphatic carbocycles. The molecule has 3 atom stereocenters. The molecule has 1 aromatic carbocycles. The molecule has 1 N–H and O–H groups in total. The molecular formula is C17H24N2O. The van der Waals surface area contributed by atoms with Gasteiger partial charge < -0.3 is 15.0 Å². The summed E-state index contributed by atoms with van der Waals surface area (Å²) < 4.78 is 5.57. The number of nitrogens with zero attached hydrogens (tertiary/aromatic N) is 1. The lowest BCUT2D eigenvalue weighted by atomic mass is 9.94. The molecule has 0 amide bonds. The van der Waals surface area contributed by atoms with E-state index in [1.165, 1.54) is 43.6 Å². The van der Waals surface area contributed by atoms with Crippen LogP contribution < -0.4 is 10.1 Å². The van der Waals surface area contributed by atoms with Crippen LogP contribution in [0, 0.1) is 5.92 Å². The maximum atomic E-state index is 5.57. The lowest BCUT2D eigenvalue weighted by Gasteiger charge is -2.31. The fourth-order valence-corrected chi connectivity index (χ4v) is 4.02. The van der Waals surface area contributed by atoms with Crippen molar-refractivity contribution in [1.29, 1.82) is 0 Å². The van der Waals surface area contributed by atoms with Gasteiger partial charge in [0.15, 0.2) is 0 Å². The molecule has 3 unspecified atom stereocenters. The summed E-state index contributed by atoms with van der Waals surface area (Å²) in [6.07, 6.45) is 4.95. The standard InChI is InChI=1S/C17H24N2O/c1-2-17-14(6-10-20-17)11-13(1)3-7-18-16-5-9-19-8-4-15(16)12-19/h1-2,11,15-16,18H,3-10,12H2. The van der Waals surface area contributed by atoms with Gasteiger partial charge in [-0.3, -0.25) is 0 Å². The van der Waals surface area contributed by atoms with Crippen molar-refractivity contribution in [3.05, 3.63) is 29.3 Å². The van der Waals surface area contributed by atoms with Crippen molar-refractivity contribution in [2.75, 3.05) is 32.8 Å². The van der Waals surface area contributed by atoms with E-state index in [9.17, 15) is 0 Å². The molecule has 0 saturated carbocycles. The SMILES string of the molecule is c1cc2c(cc1CCNC1CCN3CCC1C3)CCO2. The Bertz CT molecular complexity index is 488. The molecule has 2 fully saturated rings. The molecule has 3 aliphatic heterocycles. The number of benzene rings is 1. The Morgan fingerprint density at radius 2 is 2.20 bits per heavy atom. The zero-order chi connectivity index (χ0) is 13.4. The summed E-state index contributed by atoms with van der Waals surface area (Å²) in [5, 5.41) is 3.81. The van der Waals surface area contributed by atoms with E-state index in [-0.39, 0.29) is 0 Å². The number of hydrogen-bond donors (Lipinski definition) is 1. The van der Waals surface area contributed by atoms with Gasteiger partial charge in [-0.25, -0.2) is 0 Å². The van der Waals surface area contributed by atoms with Gasteiger partial charge in [0, 0.05) is 19.0 Å². The highest BCUT2D eigenvalue weighted by atomic mass is 16.5. The molecule has 20 heavy (non-hydrogen) atoms. The first-order valence-electron chi connectivity index (χ1n) is 8.09. The first-order chi connectivity index (χ1) is 9.88. The number of nitrogens with one attached hydrogen (secondary N) is 1. The molecular weight excluding hydrogens is 248 g/mol. The Morgan fingerprint density at radius 3 is 3.20 bits per heavy atom. The average molecular weight is 272 g/mol. The first-order valence-corrected chi connectivity index (χ1v) is 8.09. The minimum Gasteiger partial charge on any atom is -0.493 e. The molecule has 3 nitrogen and oxygen atoms in total. The summed E-state index contributed by atoms with van der Waals surface area (Å²) in [4.78, 5) is 2.61. The molecule has 0 aromatic heterocycles. The second-order valence-electron chi connectivity index (χ2n) is 6.49. The molecule has 0 radical (unpaired) electrons. The van der Waals surface area contributed by atoms with Crippen molar-refractivity contribution < 1.29 is 4.74 Å². The van der Waals surface area contributed by atoms with Crippen molar-refractivity contribution in [2.24, 2.45) is 5.92 Å². The van der Waals surface area contributed by atoms with E-state index in [4.69, 9.17) is 4.74 Å². The van der Waals surface area contributed by atoms with Crippen LogP contribution in [0.2, 0.25) is 0 Å². The predicted octanol–water partition coefficient (Wildman–Crippen LogP) is 1.85. The fraction of sp³-hybridized carbons (Fsp3) is 0.647. The van der Waals surface area contributed by atoms with Crippen LogP contribution in [-0.2, 0) is 12.8 Å². The van der Waals surface area contributed by atoms with E-state index in [1.54, 1.807) is 0 Å². The van der Waals surface area contributed by atoms with Crippen molar-refractivity contribution in [3.8, 4) is 5.75 Å². The maximum Gasteiger partial charge on any atom is 0.122 e. The van der Waals surface area contributed by atoms with E-state index >= 15 is 0 Å². The molecule has 0 spiro atoms. The third-order valence-electron chi connectivity index (χ3n) is 5.21. The van der Waals surface area contributed by atoms with Crippen molar-refractivity contribution in [2.45, 2.75) is 31.7 Å². The Morgan fingerprint density at radius 1 is 1.25 bits per heavy atom. The van der Waals surface area contributed by atoms with Crippen LogP contribution in [0.4, 0.5) is 0 Å². The quantitative estimate of drug-likeness (QED) is 0.905. The molecule has 4 rings (SSSR count). The molecule has 2 bridgehead atoms. The van der Waals surface area contributed by atoms with Crippen LogP contribution in [-0.4, -0.2) is 43.7 Å². The summed E-state index contributed by atoms with van der Waals surface area (Å²) in [5.74, 6) is 2.00. The van der Waals surface area contributed by atoms with Crippen LogP contribution in [0.3, 0.4) is 0 Å². The third kappa shape index (κ3) is 2.45. The molecule has 3 heterocycles. The largest absolute Gasteiger partial charge is 0.493 e. The third-order valence-corrected chi connectivity index (χ3v) is 5.21. The Hall–Kier alpha value is -1.06. The zero-order valence-corrected chi connectivity index (χ0v) is 12.1. The minimum atomic E-state index is 0.756. The Balaban J connectivity index is 1.30. The summed E-state index contributed by atoms with van der Waals surface area (Å²) in [5.41, 5.74) is 2.84. The van der Waals surface area contributed by atoms with Gasteiger partial charge in [-0.05, 0) is 62.0 Å². The fourth-order valence-electron chi connectivity index (χ4n) is 4.02. The summed E-state index contributed by atoms with van der Waals surface area (Å²) in [7, 11) is 0.